The zero-order valence-electron chi connectivity index (χ0n) is 9.10. The molecule has 0 unspecified atom stereocenters. The van der Waals surface area contributed by atoms with E-state index in [1.54, 1.807) is 20.9 Å². The zero-order valence-corrected chi connectivity index (χ0v) is 9.10. The molecule has 0 saturated heterocycles. The maximum Gasteiger partial charge on any atom is 0.200 e. The van der Waals surface area contributed by atoms with E-state index in [1.165, 1.54) is 12.1 Å². The fourth-order valence-electron chi connectivity index (χ4n) is 1.32. The van der Waals surface area contributed by atoms with Crippen molar-refractivity contribution in [1.82, 2.24) is 5.32 Å². The van der Waals surface area contributed by atoms with Crippen molar-refractivity contribution in [3.05, 3.63) is 29.8 Å². The highest BCUT2D eigenvalue weighted by Gasteiger charge is 2.21. The normalized spacial score (nSPS) is 11.5. The highest BCUT2D eigenvalue weighted by atomic mass is 19.2. The summed E-state index contributed by atoms with van der Waals surface area (Å²) in [6.07, 6.45) is 0. The topological polar surface area (TPSA) is 21.3 Å². The van der Waals surface area contributed by atoms with Crippen LogP contribution < -0.4 is 10.1 Å². The molecular weight excluding hydrogens is 200 g/mol. The molecule has 0 saturated carbocycles. The van der Waals surface area contributed by atoms with Crippen LogP contribution in [0.15, 0.2) is 18.2 Å². The number of halogens is 2. The summed E-state index contributed by atoms with van der Waals surface area (Å²) in [6.45, 7) is 4.14. The number of rotatable bonds is 4. The Morgan fingerprint density at radius 2 is 2.00 bits per heavy atom. The van der Waals surface area contributed by atoms with Crippen molar-refractivity contribution in [2.75, 3.05) is 13.6 Å². The molecule has 0 aliphatic heterocycles. The number of ether oxygens (including phenoxy) is 1. The van der Waals surface area contributed by atoms with E-state index in [2.05, 4.69) is 5.32 Å². The molecule has 1 rings (SSSR count). The first-order valence-corrected chi connectivity index (χ1v) is 4.74. The van der Waals surface area contributed by atoms with Gasteiger partial charge in [0.15, 0.2) is 11.6 Å². The van der Waals surface area contributed by atoms with Gasteiger partial charge in [-0.05, 0) is 33.0 Å². The molecule has 0 atom stereocenters. The summed E-state index contributed by atoms with van der Waals surface area (Å²) in [7, 11) is 1.77. The Labute approximate surface area is 88.3 Å². The van der Waals surface area contributed by atoms with Crippen molar-refractivity contribution >= 4 is 0 Å². The van der Waals surface area contributed by atoms with Crippen LogP contribution in [-0.4, -0.2) is 19.2 Å². The Hall–Kier alpha value is -1.16. The van der Waals surface area contributed by atoms with Gasteiger partial charge in [-0.15, -0.1) is 0 Å². The molecule has 0 aromatic heterocycles. The summed E-state index contributed by atoms with van der Waals surface area (Å²) >= 11 is 0. The molecule has 4 heteroatoms. The highest BCUT2D eigenvalue weighted by molar-refractivity contribution is 5.25. The monoisotopic (exact) mass is 215 g/mol. The van der Waals surface area contributed by atoms with E-state index in [9.17, 15) is 8.78 Å². The van der Waals surface area contributed by atoms with Crippen molar-refractivity contribution < 1.29 is 13.5 Å². The quantitative estimate of drug-likeness (QED) is 0.832. The third kappa shape index (κ3) is 3.16. The molecule has 0 spiro atoms. The third-order valence-electron chi connectivity index (χ3n) is 1.90. The molecule has 84 valence electrons. The van der Waals surface area contributed by atoms with E-state index < -0.39 is 17.2 Å². The van der Waals surface area contributed by atoms with Crippen molar-refractivity contribution in [1.29, 1.82) is 0 Å². The van der Waals surface area contributed by atoms with E-state index in [1.807, 2.05) is 0 Å². The van der Waals surface area contributed by atoms with Crippen molar-refractivity contribution in [3.8, 4) is 5.75 Å². The van der Waals surface area contributed by atoms with Gasteiger partial charge in [0, 0.05) is 6.54 Å². The molecule has 0 aliphatic rings. The van der Waals surface area contributed by atoms with E-state index in [0.717, 1.165) is 6.07 Å². The summed E-state index contributed by atoms with van der Waals surface area (Å²) in [6, 6.07) is 3.90. The van der Waals surface area contributed by atoms with E-state index in [4.69, 9.17) is 4.74 Å². The van der Waals surface area contributed by atoms with Crippen LogP contribution in [0.1, 0.15) is 13.8 Å². The molecule has 1 aromatic rings. The molecule has 0 aliphatic carbocycles. The van der Waals surface area contributed by atoms with Crippen LogP contribution >= 0.6 is 0 Å². The number of hydrogen-bond donors (Lipinski definition) is 1. The van der Waals surface area contributed by atoms with Gasteiger partial charge in [0.2, 0.25) is 5.82 Å². The van der Waals surface area contributed by atoms with Crippen LogP contribution in [0.2, 0.25) is 0 Å². The largest absolute Gasteiger partial charge is 0.483 e. The van der Waals surface area contributed by atoms with Gasteiger partial charge in [-0.1, -0.05) is 6.07 Å². The van der Waals surface area contributed by atoms with E-state index in [0.29, 0.717) is 6.54 Å². The van der Waals surface area contributed by atoms with E-state index in [-0.39, 0.29) is 5.75 Å². The van der Waals surface area contributed by atoms with Crippen LogP contribution in [-0.2, 0) is 0 Å². The SMILES string of the molecule is CNCC(C)(C)Oc1cccc(F)c1F. The lowest BCUT2D eigenvalue weighted by atomic mass is 10.1. The van der Waals surface area contributed by atoms with Gasteiger partial charge in [-0.2, -0.15) is 4.39 Å². The van der Waals surface area contributed by atoms with Gasteiger partial charge in [-0.3, -0.25) is 0 Å². The molecule has 0 amide bonds. The van der Waals surface area contributed by atoms with Crippen LogP contribution in [0, 0.1) is 11.6 Å². The summed E-state index contributed by atoms with van der Waals surface area (Å²) < 4.78 is 31.5. The Morgan fingerprint density at radius 3 is 2.60 bits per heavy atom. The number of benzene rings is 1. The molecular formula is C11H15F2NO. The Bertz CT molecular complexity index is 339. The predicted octanol–water partition coefficient (Wildman–Crippen LogP) is 2.34. The number of likely N-dealkylation sites (N-methyl/N-ethyl adjacent to an activating group) is 1. The van der Waals surface area contributed by atoms with Gasteiger partial charge in [-0.25, -0.2) is 4.39 Å². The van der Waals surface area contributed by atoms with Gasteiger partial charge in [0.1, 0.15) is 5.60 Å². The van der Waals surface area contributed by atoms with Crippen molar-refractivity contribution in [3.63, 3.8) is 0 Å². The molecule has 1 N–H and O–H groups in total. The van der Waals surface area contributed by atoms with E-state index >= 15 is 0 Å². The molecule has 0 radical (unpaired) electrons. The average molecular weight is 215 g/mol. The van der Waals surface area contributed by atoms with Crippen LogP contribution in [0.25, 0.3) is 0 Å². The van der Waals surface area contributed by atoms with Gasteiger partial charge in [0.05, 0.1) is 0 Å². The minimum absolute atomic E-state index is 0.0600. The fourth-order valence-corrected chi connectivity index (χ4v) is 1.32. The first-order valence-electron chi connectivity index (χ1n) is 4.74. The maximum absolute atomic E-state index is 13.3. The summed E-state index contributed by atoms with van der Waals surface area (Å²) in [5.41, 5.74) is -0.580. The maximum atomic E-state index is 13.3. The Balaban J connectivity index is 2.85. The second kappa shape index (κ2) is 4.57. The van der Waals surface area contributed by atoms with Gasteiger partial charge < -0.3 is 10.1 Å². The minimum Gasteiger partial charge on any atom is -0.483 e. The van der Waals surface area contributed by atoms with Gasteiger partial charge in [0.25, 0.3) is 0 Å². The zero-order chi connectivity index (χ0) is 11.5. The molecule has 0 bridgehead atoms. The minimum atomic E-state index is -0.943. The lowest BCUT2D eigenvalue weighted by Crippen LogP contribution is -2.39. The molecule has 15 heavy (non-hydrogen) atoms. The highest BCUT2D eigenvalue weighted by Crippen LogP contribution is 2.23. The Kier molecular flexibility index (Phi) is 3.63. The Morgan fingerprint density at radius 1 is 1.33 bits per heavy atom. The lowest BCUT2D eigenvalue weighted by Gasteiger charge is -2.26. The van der Waals surface area contributed by atoms with Crippen LogP contribution in [0.3, 0.4) is 0 Å². The molecule has 2 nitrogen and oxygen atoms in total. The second-order valence-corrected chi connectivity index (χ2v) is 3.94. The standard InChI is InChI=1S/C11H15F2NO/c1-11(2,7-14-3)15-9-6-4-5-8(12)10(9)13/h4-6,14H,7H2,1-3H3. The van der Waals surface area contributed by atoms with Crippen molar-refractivity contribution in [2.45, 2.75) is 19.4 Å². The van der Waals surface area contributed by atoms with Gasteiger partial charge >= 0.3 is 0 Å². The molecule has 0 heterocycles. The predicted molar refractivity (Wildman–Crippen MR) is 55.0 cm³/mol. The average Bonchev–Trinajstić information content (AvgIpc) is 2.12. The molecule has 1 aromatic carbocycles. The first kappa shape index (κ1) is 11.9. The van der Waals surface area contributed by atoms with Crippen molar-refractivity contribution in [2.24, 2.45) is 0 Å². The summed E-state index contributed by atoms with van der Waals surface area (Å²) in [4.78, 5) is 0. The number of nitrogens with one attached hydrogen (secondary N) is 1. The number of hydrogen-bond acceptors (Lipinski definition) is 2. The van der Waals surface area contributed by atoms with Crippen LogP contribution in [0.5, 0.6) is 5.75 Å². The lowest BCUT2D eigenvalue weighted by molar-refractivity contribution is 0.103. The first-order chi connectivity index (χ1) is 6.96. The smallest absolute Gasteiger partial charge is 0.200 e. The second-order valence-electron chi connectivity index (χ2n) is 3.94. The molecule has 0 fully saturated rings. The fraction of sp³-hybridized carbons (Fsp3) is 0.455. The van der Waals surface area contributed by atoms with Crippen LogP contribution in [0.4, 0.5) is 8.78 Å². The third-order valence-corrected chi connectivity index (χ3v) is 1.90. The summed E-state index contributed by atoms with van der Waals surface area (Å²) in [5, 5.41) is 2.92. The summed E-state index contributed by atoms with van der Waals surface area (Å²) in [5.74, 6) is -1.90.